The monoisotopic (exact) mass is 232 g/mol. The van der Waals surface area contributed by atoms with E-state index in [-0.39, 0.29) is 11.9 Å². The molecule has 1 aliphatic carbocycles. The molecule has 92 valence electrons. The minimum Gasteiger partial charge on any atom is -0.366 e. The number of benzene rings is 1. The van der Waals surface area contributed by atoms with Crippen molar-refractivity contribution in [3.8, 4) is 0 Å². The molecule has 1 atom stereocenters. The van der Waals surface area contributed by atoms with Crippen molar-refractivity contribution >= 4 is 5.78 Å². The number of Topliss-reactive ketones (excluding diaryl/α,β-unsaturated/α-hetero) is 1. The van der Waals surface area contributed by atoms with E-state index < -0.39 is 0 Å². The molecule has 0 spiro atoms. The second-order valence-electron chi connectivity index (χ2n) is 4.71. The predicted molar refractivity (Wildman–Crippen MR) is 67.8 cm³/mol. The number of rotatable bonds is 6. The van der Waals surface area contributed by atoms with Crippen molar-refractivity contribution in [2.45, 2.75) is 38.7 Å². The molecule has 1 unspecified atom stereocenters. The second-order valence-corrected chi connectivity index (χ2v) is 4.71. The van der Waals surface area contributed by atoms with E-state index in [0.717, 1.165) is 5.56 Å². The maximum Gasteiger partial charge on any atom is 0.166 e. The summed E-state index contributed by atoms with van der Waals surface area (Å²) in [5, 5.41) is 0. The first-order valence-electron chi connectivity index (χ1n) is 6.50. The van der Waals surface area contributed by atoms with Gasteiger partial charge in [-0.3, -0.25) is 4.79 Å². The Morgan fingerprint density at radius 3 is 2.59 bits per heavy atom. The van der Waals surface area contributed by atoms with Crippen LogP contribution in [0.25, 0.3) is 0 Å². The van der Waals surface area contributed by atoms with Crippen LogP contribution >= 0.6 is 0 Å². The molecule has 0 aromatic heterocycles. The zero-order valence-electron chi connectivity index (χ0n) is 10.4. The van der Waals surface area contributed by atoms with E-state index in [9.17, 15) is 4.79 Å². The van der Waals surface area contributed by atoms with Crippen LogP contribution in [-0.2, 0) is 9.53 Å². The zero-order valence-corrected chi connectivity index (χ0v) is 10.4. The van der Waals surface area contributed by atoms with Crippen molar-refractivity contribution in [3.63, 3.8) is 0 Å². The van der Waals surface area contributed by atoms with E-state index >= 15 is 0 Å². The van der Waals surface area contributed by atoms with Gasteiger partial charge < -0.3 is 4.74 Å². The fourth-order valence-electron chi connectivity index (χ4n) is 2.26. The number of carbonyl (C=O) groups is 1. The lowest BCUT2D eigenvalue weighted by Gasteiger charge is -2.26. The molecule has 0 amide bonds. The van der Waals surface area contributed by atoms with Gasteiger partial charge in [-0.2, -0.15) is 0 Å². The maximum atomic E-state index is 12.2. The van der Waals surface area contributed by atoms with Crippen LogP contribution in [-0.4, -0.2) is 12.4 Å². The van der Waals surface area contributed by atoms with E-state index in [1.54, 1.807) is 0 Å². The highest BCUT2D eigenvalue weighted by Gasteiger charge is 2.26. The van der Waals surface area contributed by atoms with Crippen molar-refractivity contribution < 1.29 is 9.53 Å². The summed E-state index contributed by atoms with van der Waals surface area (Å²) >= 11 is 0. The standard InChI is InChI=1S/C15H20O2/c1-2-17-15(13-9-4-3-5-10-13)14(16)11-12-7-6-8-12/h3-5,9-10,12,15H,2,6-8,11H2,1H3. The molecule has 2 nitrogen and oxygen atoms in total. The van der Waals surface area contributed by atoms with Crippen molar-refractivity contribution in [2.24, 2.45) is 5.92 Å². The highest BCUT2D eigenvalue weighted by Crippen LogP contribution is 2.32. The van der Waals surface area contributed by atoms with Crippen LogP contribution < -0.4 is 0 Å². The van der Waals surface area contributed by atoms with Gasteiger partial charge in [0.2, 0.25) is 0 Å². The largest absolute Gasteiger partial charge is 0.366 e. The highest BCUT2D eigenvalue weighted by molar-refractivity contribution is 5.84. The second kappa shape index (κ2) is 5.97. The zero-order chi connectivity index (χ0) is 12.1. The van der Waals surface area contributed by atoms with Gasteiger partial charge in [-0.1, -0.05) is 49.6 Å². The van der Waals surface area contributed by atoms with Gasteiger partial charge in [0.15, 0.2) is 5.78 Å². The summed E-state index contributed by atoms with van der Waals surface area (Å²) in [6.07, 6.45) is 4.02. The summed E-state index contributed by atoms with van der Waals surface area (Å²) in [5.41, 5.74) is 0.985. The summed E-state index contributed by atoms with van der Waals surface area (Å²) in [7, 11) is 0. The first-order valence-corrected chi connectivity index (χ1v) is 6.50. The molecular formula is C15H20O2. The normalized spacial score (nSPS) is 17.5. The van der Waals surface area contributed by atoms with Crippen LogP contribution in [0.15, 0.2) is 30.3 Å². The molecule has 0 aliphatic heterocycles. The van der Waals surface area contributed by atoms with Crippen molar-refractivity contribution in [2.75, 3.05) is 6.61 Å². The minimum absolute atomic E-state index is 0.239. The smallest absolute Gasteiger partial charge is 0.166 e. The number of hydrogen-bond donors (Lipinski definition) is 0. The van der Waals surface area contributed by atoms with Crippen LogP contribution in [0.4, 0.5) is 0 Å². The van der Waals surface area contributed by atoms with Gasteiger partial charge in [0, 0.05) is 13.0 Å². The van der Waals surface area contributed by atoms with Gasteiger partial charge in [0.05, 0.1) is 0 Å². The molecule has 0 saturated heterocycles. The third-order valence-corrected chi connectivity index (χ3v) is 3.44. The lowest BCUT2D eigenvalue weighted by atomic mass is 9.80. The Hall–Kier alpha value is -1.15. The number of ketones is 1. The van der Waals surface area contributed by atoms with Crippen molar-refractivity contribution in [1.82, 2.24) is 0 Å². The highest BCUT2D eigenvalue weighted by atomic mass is 16.5. The average molecular weight is 232 g/mol. The summed E-state index contributed by atoms with van der Waals surface area (Å²) in [4.78, 5) is 12.2. The van der Waals surface area contributed by atoms with Gasteiger partial charge >= 0.3 is 0 Å². The average Bonchev–Trinajstić information content (AvgIpc) is 2.31. The van der Waals surface area contributed by atoms with Crippen LogP contribution in [0.1, 0.15) is 44.3 Å². The Labute approximate surface area is 103 Å². The van der Waals surface area contributed by atoms with Crippen LogP contribution in [0, 0.1) is 5.92 Å². The Bertz CT molecular complexity index is 354. The van der Waals surface area contributed by atoms with Crippen molar-refractivity contribution in [3.05, 3.63) is 35.9 Å². The predicted octanol–water partition coefficient (Wildman–Crippen LogP) is 3.52. The molecule has 0 radical (unpaired) electrons. The summed E-state index contributed by atoms with van der Waals surface area (Å²) in [6, 6.07) is 9.82. The molecule has 1 aromatic carbocycles. The maximum absolute atomic E-state index is 12.2. The van der Waals surface area contributed by atoms with Crippen molar-refractivity contribution in [1.29, 1.82) is 0 Å². The molecular weight excluding hydrogens is 212 g/mol. The Morgan fingerprint density at radius 2 is 2.06 bits per heavy atom. The topological polar surface area (TPSA) is 26.3 Å². The van der Waals surface area contributed by atoms with Crippen LogP contribution in [0.5, 0.6) is 0 Å². The summed E-state index contributed by atoms with van der Waals surface area (Å²) in [5.74, 6) is 0.844. The molecule has 1 aromatic rings. The molecule has 0 N–H and O–H groups in total. The van der Waals surface area contributed by atoms with E-state index in [4.69, 9.17) is 4.74 Å². The first kappa shape index (κ1) is 12.3. The third kappa shape index (κ3) is 3.16. The molecule has 1 aliphatic rings. The summed E-state index contributed by atoms with van der Waals surface area (Å²) in [6.45, 7) is 2.52. The molecule has 1 fully saturated rings. The lowest BCUT2D eigenvalue weighted by Crippen LogP contribution is -2.22. The van der Waals surface area contributed by atoms with Gasteiger partial charge in [-0.25, -0.2) is 0 Å². The fraction of sp³-hybridized carbons (Fsp3) is 0.533. The van der Waals surface area contributed by atoms with Crippen LogP contribution in [0.2, 0.25) is 0 Å². The Morgan fingerprint density at radius 1 is 1.35 bits per heavy atom. The SMILES string of the molecule is CCOC(C(=O)CC1CCC1)c1ccccc1. The van der Waals surface area contributed by atoms with E-state index in [1.165, 1.54) is 19.3 Å². The molecule has 1 saturated carbocycles. The molecule has 0 bridgehead atoms. The van der Waals surface area contributed by atoms with E-state index in [0.29, 0.717) is 18.9 Å². The lowest BCUT2D eigenvalue weighted by molar-refractivity contribution is -0.132. The molecule has 17 heavy (non-hydrogen) atoms. The van der Waals surface area contributed by atoms with Gasteiger partial charge in [0.1, 0.15) is 6.10 Å². The quantitative estimate of drug-likeness (QED) is 0.750. The van der Waals surface area contributed by atoms with Gasteiger partial charge in [0.25, 0.3) is 0 Å². The first-order chi connectivity index (χ1) is 8.31. The molecule has 2 rings (SSSR count). The fourth-order valence-corrected chi connectivity index (χ4v) is 2.26. The number of ether oxygens (including phenoxy) is 1. The molecule has 0 heterocycles. The van der Waals surface area contributed by atoms with Gasteiger partial charge in [-0.05, 0) is 18.4 Å². The molecule has 2 heteroatoms. The van der Waals surface area contributed by atoms with E-state index in [1.807, 2.05) is 37.3 Å². The van der Waals surface area contributed by atoms with E-state index in [2.05, 4.69) is 0 Å². The summed E-state index contributed by atoms with van der Waals surface area (Å²) < 4.78 is 5.61. The minimum atomic E-state index is -0.359. The number of hydrogen-bond acceptors (Lipinski definition) is 2. The number of carbonyl (C=O) groups excluding carboxylic acids is 1. The van der Waals surface area contributed by atoms with Gasteiger partial charge in [-0.15, -0.1) is 0 Å². The third-order valence-electron chi connectivity index (χ3n) is 3.44. The Balaban J connectivity index is 2.02. The van der Waals surface area contributed by atoms with Crippen LogP contribution in [0.3, 0.4) is 0 Å². The Kier molecular flexibility index (Phi) is 4.32.